The first kappa shape index (κ1) is 10.9. The normalized spacial score (nSPS) is 10.1. The Morgan fingerprint density at radius 3 is 2.94 bits per heavy atom. The quantitative estimate of drug-likeness (QED) is 0.889. The standard InChI is InChI=1S/C11H9ClN2O2/c12-8-2-1-3-10(4-8)16-11-6-13-5-9(7-15)14-11/h1-6,15H,7H2. The third-order valence-electron chi connectivity index (χ3n) is 1.84. The van der Waals surface area contributed by atoms with E-state index in [1.54, 1.807) is 24.3 Å². The van der Waals surface area contributed by atoms with Gasteiger partial charge in [0.15, 0.2) is 0 Å². The molecule has 5 heteroatoms. The minimum Gasteiger partial charge on any atom is -0.437 e. The van der Waals surface area contributed by atoms with Crippen LogP contribution in [0.2, 0.25) is 5.02 Å². The van der Waals surface area contributed by atoms with Crippen molar-refractivity contribution in [2.75, 3.05) is 0 Å². The number of aromatic nitrogens is 2. The molecule has 16 heavy (non-hydrogen) atoms. The Morgan fingerprint density at radius 2 is 2.19 bits per heavy atom. The highest BCUT2D eigenvalue weighted by molar-refractivity contribution is 6.30. The van der Waals surface area contributed by atoms with Gasteiger partial charge in [-0.15, -0.1) is 0 Å². The van der Waals surface area contributed by atoms with E-state index in [1.165, 1.54) is 12.4 Å². The second kappa shape index (κ2) is 4.92. The van der Waals surface area contributed by atoms with E-state index in [2.05, 4.69) is 9.97 Å². The van der Waals surface area contributed by atoms with E-state index in [1.807, 2.05) is 0 Å². The number of hydrogen-bond donors (Lipinski definition) is 1. The number of aliphatic hydroxyl groups excluding tert-OH is 1. The zero-order valence-electron chi connectivity index (χ0n) is 8.30. The number of aliphatic hydroxyl groups is 1. The predicted octanol–water partition coefficient (Wildman–Crippen LogP) is 2.41. The molecular formula is C11H9ClN2O2. The molecule has 0 saturated heterocycles. The number of rotatable bonds is 3. The van der Waals surface area contributed by atoms with Crippen LogP contribution in [0.25, 0.3) is 0 Å². The monoisotopic (exact) mass is 236 g/mol. The Morgan fingerprint density at radius 1 is 1.31 bits per heavy atom. The van der Waals surface area contributed by atoms with Crippen molar-refractivity contribution in [3.8, 4) is 11.6 Å². The van der Waals surface area contributed by atoms with Crippen molar-refractivity contribution in [3.63, 3.8) is 0 Å². The van der Waals surface area contributed by atoms with Crippen LogP contribution < -0.4 is 4.74 Å². The molecule has 1 aromatic heterocycles. The van der Waals surface area contributed by atoms with Crippen LogP contribution in [0, 0.1) is 0 Å². The molecule has 1 heterocycles. The molecule has 2 rings (SSSR count). The van der Waals surface area contributed by atoms with Crippen LogP contribution >= 0.6 is 11.6 Å². The highest BCUT2D eigenvalue weighted by Gasteiger charge is 2.01. The smallest absolute Gasteiger partial charge is 0.238 e. The van der Waals surface area contributed by atoms with Gasteiger partial charge in [-0.3, -0.25) is 4.98 Å². The van der Waals surface area contributed by atoms with Gasteiger partial charge in [0.25, 0.3) is 0 Å². The van der Waals surface area contributed by atoms with Crippen LogP contribution in [0.3, 0.4) is 0 Å². The summed E-state index contributed by atoms with van der Waals surface area (Å²) < 4.78 is 5.43. The molecule has 0 saturated carbocycles. The molecule has 0 radical (unpaired) electrons. The Labute approximate surface area is 97.5 Å². The lowest BCUT2D eigenvalue weighted by Gasteiger charge is -2.05. The van der Waals surface area contributed by atoms with Crippen LogP contribution in [-0.2, 0) is 6.61 Å². The van der Waals surface area contributed by atoms with Gasteiger partial charge in [-0.05, 0) is 18.2 Å². The van der Waals surface area contributed by atoms with Crippen molar-refractivity contribution in [2.45, 2.75) is 6.61 Å². The van der Waals surface area contributed by atoms with Gasteiger partial charge in [0.05, 0.1) is 24.7 Å². The molecule has 0 aliphatic carbocycles. The second-order valence-electron chi connectivity index (χ2n) is 3.07. The fourth-order valence-electron chi connectivity index (χ4n) is 1.16. The van der Waals surface area contributed by atoms with Gasteiger partial charge in [-0.1, -0.05) is 17.7 Å². The zero-order chi connectivity index (χ0) is 11.4. The van der Waals surface area contributed by atoms with E-state index in [4.69, 9.17) is 21.4 Å². The molecule has 0 bridgehead atoms. The summed E-state index contributed by atoms with van der Waals surface area (Å²) in [5.41, 5.74) is 0.458. The molecule has 0 amide bonds. The average molecular weight is 237 g/mol. The van der Waals surface area contributed by atoms with Gasteiger partial charge in [0, 0.05) is 5.02 Å². The van der Waals surface area contributed by atoms with Gasteiger partial charge in [0.2, 0.25) is 5.88 Å². The molecule has 0 fully saturated rings. The van der Waals surface area contributed by atoms with E-state index in [0.29, 0.717) is 22.3 Å². The molecule has 0 unspecified atom stereocenters. The van der Waals surface area contributed by atoms with Gasteiger partial charge < -0.3 is 9.84 Å². The summed E-state index contributed by atoms with van der Waals surface area (Å²) in [5.74, 6) is 0.908. The number of benzene rings is 1. The van der Waals surface area contributed by atoms with E-state index in [0.717, 1.165) is 0 Å². The molecule has 1 aromatic carbocycles. The number of ether oxygens (including phenoxy) is 1. The first-order chi connectivity index (χ1) is 7.78. The van der Waals surface area contributed by atoms with Crippen LogP contribution in [0.4, 0.5) is 0 Å². The zero-order valence-corrected chi connectivity index (χ0v) is 9.05. The first-order valence-corrected chi connectivity index (χ1v) is 5.01. The summed E-state index contributed by atoms with van der Waals surface area (Å²) in [6.07, 6.45) is 2.95. The lowest BCUT2D eigenvalue weighted by Crippen LogP contribution is -1.94. The fraction of sp³-hybridized carbons (Fsp3) is 0.0909. The van der Waals surface area contributed by atoms with Gasteiger partial charge >= 0.3 is 0 Å². The summed E-state index contributed by atoms with van der Waals surface area (Å²) in [7, 11) is 0. The SMILES string of the molecule is OCc1cncc(Oc2cccc(Cl)c2)n1. The molecule has 2 aromatic rings. The Balaban J connectivity index is 2.20. The fourth-order valence-corrected chi connectivity index (χ4v) is 1.34. The molecule has 0 atom stereocenters. The molecule has 0 spiro atoms. The summed E-state index contributed by atoms with van der Waals surface area (Å²) in [6.45, 7) is -0.167. The largest absolute Gasteiger partial charge is 0.437 e. The molecule has 0 aliphatic heterocycles. The third kappa shape index (κ3) is 2.68. The summed E-state index contributed by atoms with van der Waals surface area (Å²) in [4.78, 5) is 7.93. The van der Waals surface area contributed by atoms with Gasteiger partial charge in [-0.2, -0.15) is 0 Å². The number of halogens is 1. The Kier molecular flexibility index (Phi) is 3.34. The average Bonchev–Trinajstić information content (AvgIpc) is 2.29. The maximum Gasteiger partial charge on any atom is 0.238 e. The minimum absolute atomic E-state index is 0.167. The second-order valence-corrected chi connectivity index (χ2v) is 3.50. The van der Waals surface area contributed by atoms with E-state index in [-0.39, 0.29) is 6.61 Å². The van der Waals surface area contributed by atoms with Crippen LogP contribution in [-0.4, -0.2) is 15.1 Å². The molecule has 1 N–H and O–H groups in total. The van der Waals surface area contributed by atoms with E-state index >= 15 is 0 Å². The molecule has 4 nitrogen and oxygen atoms in total. The lowest BCUT2D eigenvalue weighted by atomic mass is 10.3. The maximum absolute atomic E-state index is 8.89. The highest BCUT2D eigenvalue weighted by atomic mass is 35.5. The molecule has 0 aliphatic rings. The maximum atomic E-state index is 8.89. The summed E-state index contributed by atoms with van der Waals surface area (Å²) in [5, 5.41) is 9.48. The summed E-state index contributed by atoms with van der Waals surface area (Å²) >= 11 is 5.81. The van der Waals surface area contributed by atoms with Crippen LogP contribution in [0.15, 0.2) is 36.7 Å². The first-order valence-electron chi connectivity index (χ1n) is 4.63. The van der Waals surface area contributed by atoms with Crippen molar-refractivity contribution in [3.05, 3.63) is 47.4 Å². The Hall–Kier alpha value is -1.65. The van der Waals surface area contributed by atoms with E-state index in [9.17, 15) is 0 Å². The topological polar surface area (TPSA) is 55.2 Å². The van der Waals surface area contributed by atoms with E-state index < -0.39 is 0 Å². The van der Waals surface area contributed by atoms with Crippen molar-refractivity contribution in [1.29, 1.82) is 0 Å². The van der Waals surface area contributed by atoms with Gasteiger partial charge in [0.1, 0.15) is 5.75 Å². The van der Waals surface area contributed by atoms with Crippen LogP contribution in [0.1, 0.15) is 5.69 Å². The Bertz CT molecular complexity index is 491. The summed E-state index contributed by atoms with van der Waals surface area (Å²) in [6, 6.07) is 6.97. The predicted molar refractivity (Wildman–Crippen MR) is 59.5 cm³/mol. The number of hydrogen-bond acceptors (Lipinski definition) is 4. The van der Waals surface area contributed by atoms with Crippen molar-refractivity contribution in [1.82, 2.24) is 9.97 Å². The van der Waals surface area contributed by atoms with Crippen molar-refractivity contribution >= 4 is 11.6 Å². The van der Waals surface area contributed by atoms with Crippen LogP contribution in [0.5, 0.6) is 11.6 Å². The third-order valence-corrected chi connectivity index (χ3v) is 2.08. The highest BCUT2D eigenvalue weighted by Crippen LogP contribution is 2.22. The van der Waals surface area contributed by atoms with Crippen molar-refractivity contribution in [2.24, 2.45) is 0 Å². The number of nitrogens with zero attached hydrogens (tertiary/aromatic N) is 2. The molecular weight excluding hydrogens is 228 g/mol. The lowest BCUT2D eigenvalue weighted by molar-refractivity contribution is 0.274. The molecule has 82 valence electrons. The van der Waals surface area contributed by atoms with Gasteiger partial charge in [-0.25, -0.2) is 4.98 Å². The minimum atomic E-state index is -0.167. The van der Waals surface area contributed by atoms with Crippen molar-refractivity contribution < 1.29 is 9.84 Å².